The maximum Gasteiger partial charge on any atom is 0.321 e. The number of rotatable bonds is 3. The summed E-state index contributed by atoms with van der Waals surface area (Å²) < 4.78 is 0. The van der Waals surface area contributed by atoms with E-state index in [9.17, 15) is 9.59 Å². The number of carboxylic acid groups (broad SMARTS) is 2. The van der Waals surface area contributed by atoms with Crippen molar-refractivity contribution >= 4 is 11.9 Å². The van der Waals surface area contributed by atoms with Crippen LogP contribution in [0, 0.1) is 5.41 Å². The molecule has 0 spiro atoms. The van der Waals surface area contributed by atoms with Gasteiger partial charge in [-0.05, 0) is 12.8 Å². The van der Waals surface area contributed by atoms with Gasteiger partial charge in [-0.25, -0.2) is 0 Å². The van der Waals surface area contributed by atoms with Crippen molar-refractivity contribution in [1.29, 1.82) is 0 Å². The molecule has 0 aliphatic heterocycles. The summed E-state index contributed by atoms with van der Waals surface area (Å²) in [5.74, 6) is -2.35. The lowest BCUT2D eigenvalue weighted by atomic mass is 9.98. The molecule has 5 nitrogen and oxygen atoms in total. The Kier molecular flexibility index (Phi) is 1.60. The minimum Gasteiger partial charge on any atom is -0.481 e. The van der Waals surface area contributed by atoms with E-state index in [1.807, 2.05) is 0 Å². The minimum atomic E-state index is -1.26. The summed E-state index contributed by atoms with van der Waals surface area (Å²) in [5.41, 5.74) is 4.00. The van der Waals surface area contributed by atoms with E-state index >= 15 is 0 Å². The first kappa shape index (κ1) is 8.00. The Morgan fingerprint density at radius 2 is 1.82 bits per heavy atom. The van der Waals surface area contributed by atoms with E-state index in [1.165, 1.54) is 0 Å². The summed E-state index contributed by atoms with van der Waals surface area (Å²) in [6.45, 7) is 0. The highest BCUT2D eigenvalue weighted by Gasteiger charge is 2.57. The van der Waals surface area contributed by atoms with Crippen molar-refractivity contribution in [2.24, 2.45) is 11.1 Å². The molecule has 0 aromatic heterocycles. The molecule has 4 N–H and O–H groups in total. The summed E-state index contributed by atoms with van der Waals surface area (Å²) >= 11 is 0. The van der Waals surface area contributed by atoms with Gasteiger partial charge in [0.25, 0.3) is 0 Å². The predicted octanol–water partition coefficient (Wildman–Crippen LogP) is -0.737. The third-order valence-electron chi connectivity index (χ3n) is 2.08. The quantitative estimate of drug-likeness (QED) is 0.503. The molecule has 0 unspecified atom stereocenters. The monoisotopic (exact) mass is 159 g/mol. The summed E-state index contributed by atoms with van der Waals surface area (Å²) in [6, 6.07) is -1.26. The van der Waals surface area contributed by atoms with E-state index in [1.54, 1.807) is 0 Å². The number of nitrogens with two attached hydrogens (primary N) is 1. The van der Waals surface area contributed by atoms with E-state index in [0.717, 1.165) is 0 Å². The highest BCUT2D eigenvalue weighted by Crippen LogP contribution is 2.48. The van der Waals surface area contributed by atoms with Crippen LogP contribution in [-0.4, -0.2) is 28.2 Å². The second-order valence-electron chi connectivity index (χ2n) is 2.78. The van der Waals surface area contributed by atoms with Crippen molar-refractivity contribution in [2.45, 2.75) is 18.9 Å². The lowest BCUT2D eigenvalue weighted by Crippen LogP contribution is -2.43. The molecule has 0 aromatic rings. The van der Waals surface area contributed by atoms with Gasteiger partial charge >= 0.3 is 11.9 Å². The van der Waals surface area contributed by atoms with Crippen LogP contribution in [-0.2, 0) is 9.59 Å². The van der Waals surface area contributed by atoms with Crippen LogP contribution in [0.5, 0.6) is 0 Å². The van der Waals surface area contributed by atoms with Crippen LogP contribution in [0.15, 0.2) is 0 Å². The lowest BCUT2D eigenvalue weighted by molar-refractivity contribution is -0.151. The molecule has 0 saturated heterocycles. The zero-order valence-electron chi connectivity index (χ0n) is 5.78. The van der Waals surface area contributed by atoms with Gasteiger partial charge in [0.1, 0.15) is 6.04 Å². The van der Waals surface area contributed by atoms with Crippen molar-refractivity contribution in [3.63, 3.8) is 0 Å². The van der Waals surface area contributed by atoms with Crippen LogP contribution in [0.2, 0.25) is 0 Å². The molecule has 0 heterocycles. The summed E-state index contributed by atoms with van der Waals surface area (Å²) in [6.07, 6.45) is 0.742. The maximum absolute atomic E-state index is 10.5. The molecule has 1 fully saturated rings. The molecule has 5 heteroatoms. The van der Waals surface area contributed by atoms with Gasteiger partial charge in [-0.2, -0.15) is 0 Å². The SMILES string of the molecule is N[C@@H](C(=O)O)C1(C(=O)O)CC1. The van der Waals surface area contributed by atoms with Gasteiger partial charge < -0.3 is 15.9 Å². The highest BCUT2D eigenvalue weighted by molar-refractivity contribution is 5.88. The lowest BCUT2D eigenvalue weighted by Gasteiger charge is -2.13. The Morgan fingerprint density at radius 3 is 1.91 bits per heavy atom. The zero-order valence-corrected chi connectivity index (χ0v) is 5.78. The molecule has 62 valence electrons. The summed E-state index contributed by atoms with van der Waals surface area (Å²) in [7, 11) is 0. The van der Waals surface area contributed by atoms with E-state index in [2.05, 4.69) is 0 Å². The normalized spacial score (nSPS) is 22.3. The maximum atomic E-state index is 10.5. The van der Waals surface area contributed by atoms with Crippen molar-refractivity contribution in [1.82, 2.24) is 0 Å². The smallest absolute Gasteiger partial charge is 0.321 e. The van der Waals surface area contributed by atoms with E-state index in [0.29, 0.717) is 12.8 Å². The van der Waals surface area contributed by atoms with E-state index < -0.39 is 23.4 Å². The summed E-state index contributed by atoms with van der Waals surface area (Å²) in [4.78, 5) is 20.8. The molecule has 1 rings (SSSR count). The second kappa shape index (κ2) is 2.20. The molecule has 0 bridgehead atoms. The molecule has 0 aromatic carbocycles. The van der Waals surface area contributed by atoms with Crippen LogP contribution in [0.4, 0.5) is 0 Å². The van der Waals surface area contributed by atoms with Crippen molar-refractivity contribution < 1.29 is 19.8 Å². The zero-order chi connectivity index (χ0) is 8.65. The molecule has 11 heavy (non-hydrogen) atoms. The van der Waals surface area contributed by atoms with Gasteiger partial charge in [0.2, 0.25) is 0 Å². The van der Waals surface area contributed by atoms with Crippen LogP contribution in [0.25, 0.3) is 0 Å². The Bertz CT molecular complexity index is 209. The topological polar surface area (TPSA) is 101 Å². The Labute approximate surface area is 62.8 Å². The first-order valence-corrected chi connectivity index (χ1v) is 3.22. The van der Waals surface area contributed by atoms with Gasteiger partial charge in [0, 0.05) is 0 Å². The van der Waals surface area contributed by atoms with Gasteiger partial charge in [-0.15, -0.1) is 0 Å². The molecule has 1 atom stereocenters. The second-order valence-corrected chi connectivity index (χ2v) is 2.78. The van der Waals surface area contributed by atoms with Crippen LogP contribution in [0.3, 0.4) is 0 Å². The molecule has 0 amide bonds. The number of carbonyl (C=O) groups is 2. The molecule has 1 aliphatic rings. The Morgan fingerprint density at radius 1 is 1.36 bits per heavy atom. The molecular formula is C6H9NO4. The highest BCUT2D eigenvalue weighted by atomic mass is 16.4. The molecule has 0 radical (unpaired) electrons. The van der Waals surface area contributed by atoms with E-state index in [-0.39, 0.29) is 0 Å². The molecule has 1 aliphatic carbocycles. The third kappa shape index (κ3) is 1.07. The van der Waals surface area contributed by atoms with Crippen molar-refractivity contribution in [3.05, 3.63) is 0 Å². The standard InChI is InChI=1S/C6H9NO4/c7-3(4(8)9)6(1-2-6)5(10)11/h3H,1-2,7H2,(H,8,9)(H,10,11)/t3-/m0/s1. The van der Waals surface area contributed by atoms with Crippen LogP contribution >= 0.6 is 0 Å². The van der Waals surface area contributed by atoms with Crippen molar-refractivity contribution in [3.8, 4) is 0 Å². The average Bonchev–Trinajstić information content (AvgIpc) is 2.65. The Hall–Kier alpha value is -1.10. The molecule has 1 saturated carbocycles. The van der Waals surface area contributed by atoms with Crippen molar-refractivity contribution in [2.75, 3.05) is 0 Å². The van der Waals surface area contributed by atoms with Crippen LogP contribution < -0.4 is 5.73 Å². The van der Waals surface area contributed by atoms with Crippen LogP contribution in [0.1, 0.15) is 12.8 Å². The first-order chi connectivity index (χ1) is 5.00. The van der Waals surface area contributed by atoms with Gasteiger partial charge in [-0.1, -0.05) is 0 Å². The third-order valence-corrected chi connectivity index (χ3v) is 2.08. The fraction of sp³-hybridized carbons (Fsp3) is 0.667. The van der Waals surface area contributed by atoms with Gasteiger partial charge in [0.15, 0.2) is 0 Å². The fourth-order valence-corrected chi connectivity index (χ4v) is 1.03. The largest absolute Gasteiger partial charge is 0.481 e. The Balaban J connectivity index is 2.73. The average molecular weight is 159 g/mol. The summed E-state index contributed by atoms with van der Waals surface area (Å²) in [5, 5.41) is 17.0. The molecular weight excluding hydrogens is 150 g/mol. The number of hydrogen-bond acceptors (Lipinski definition) is 3. The minimum absolute atomic E-state index is 0.371. The van der Waals surface area contributed by atoms with E-state index in [4.69, 9.17) is 15.9 Å². The first-order valence-electron chi connectivity index (χ1n) is 3.22. The van der Waals surface area contributed by atoms with Gasteiger partial charge in [0.05, 0.1) is 5.41 Å². The number of aliphatic carboxylic acids is 2. The number of carboxylic acids is 2. The predicted molar refractivity (Wildman–Crippen MR) is 34.9 cm³/mol. The fourth-order valence-electron chi connectivity index (χ4n) is 1.03. The van der Waals surface area contributed by atoms with Gasteiger partial charge in [-0.3, -0.25) is 9.59 Å². The number of hydrogen-bond donors (Lipinski definition) is 3.